The van der Waals surface area contributed by atoms with Crippen LogP contribution in [0, 0.1) is 0 Å². The summed E-state index contributed by atoms with van der Waals surface area (Å²) >= 11 is 0. The summed E-state index contributed by atoms with van der Waals surface area (Å²) in [5.41, 5.74) is 3.78. The van der Waals surface area contributed by atoms with Gasteiger partial charge in [-0.1, -0.05) is 0 Å². The highest BCUT2D eigenvalue weighted by molar-refractivity contribution is 5.34. The third-order valence-corrected chi connectivity index (χ3v) is 6.38. The third-order valence-electron chi connectivity index (χ3n) is 6.38. The van der Waals surface area contributed by atoms with Gasteiger partial charge < -0.3 is 15.8 Å². The molecule has 2 saturated heterocycles. The number of aromatic nitrogens is 3. The van der Waals surface area contributed by atoms with Crippen molar-refractivity contribution in [2.75, 3.05) is 11.1 Å². The Morgan fingerprint density at radius 1 is 0.806 bits per heavy atom. The Balaban J connectivity index is 1.75. The molecule has 0 amide bonds. The van der Waals surface area contributed by atoms with Crippen molar-refractivity contribution in [3.8, 4) is 6.01 Å². The first kappa shape index (κ1) is 23.9. The van der Waals surface area contributed by atoms with Gasteiger partial charge in [0.2, 0.25) is 11.9 Å². The SMILES string of the molecule is CC1(C)CC(Nc2nc(N)nc(OC3CC(C)(C)N([O])C(C)(C)C3)n2)CC(C)(C)N1[O]. The van der Waals surface area contributed by atoms with Crippen LogP contribution < -0.4 is 15.8 Å². The molecule has 31 heavy (non-hydrogen) atoms. The first-order chi connectivity index (χ1) is 14.0. The minimum Gasteiger partial charge on any atom is -0.460 e. The minimum atomic E-state index is -0.560. The van der Waals surface area contributed by atoms with Crippen LogP contribution in [0.5, 0.6) is 6.01 Å². The Labute approximate surface area is 185 Å². The Hall–Kier alpha value is -1.75. The Morgan fingerprint density at radius 2 is 1.26 bits per heavy atom. The quantitative estimate of drug-likeness (QED) is 0.737. The van der Waals surface area contributed by atoms with Crippen LogP contribution in [0.15, 0.2) is 0 Å². The molecule has 0 bridgehead atoms. The van der Waals surface area contributed by atoms with Crippen molar-refractivity contribution in [2.45, 2.75) is 115 Å². The standard InChI is InChI=1S/C21H37N7O3/c1-18(2)9-13(10-19(3,4)27(18)29)23-16-24-15(22)25-17(26-16)31-14-11-20(5,6)28(30)21(7,8)12-14/h13-14H,9-12H2,1-8H3,(H3,22,23,24,25,26). The second kappa shape index (κ2) is 7.68. The van der Waals surface area contributed by atoms with Crippen molar-refractivity contribution < 1.29 is 15.2 Å². The minimum absolute atomic E-state index is 0.00594. The van der Waals surface area contributed by atoms with E-state index >= 15 is 0 Å². The molecule has 2 fully saturated rings. The van der Waals surface area contributed by atoms with Crippen molar-refractivity contribution in [1.82, 2.24) is 25.1 Å². The summed E-state index contributed by atoms with van der Waals surface area (Å²) in [5, 5.41) is 30.9. The van der Waals surface area contributed by atoms with Gasteiger partial charge in [0, 0.05) is 41.0 Å². The second-order valence-corrected chi connectivity index (χ2v) is 11.5. The molecule has 0 atom stereocenters. The summed E-state index contributed by atoms with van der Waals surface area (Å²) in [5.74, 6) is 0.394. The van der Waals surface area contributed by atoms with Crippen LogP contribution in [0.2, 0.25) is 0 Å². The van der Waals surface area contributed by atoms with E-state index in [1.165, 1.54) is 5.06 Å². The number of rotatable bonds is 4. The lowest BCUT2D eigenvalue weighted by molar-refractivity contribution is -0.297. The predicted molar refractivity (Wildman–Crippen MR) is 116 cm³/mol. The fraction of sp³-hybridized carbons (Fsp3) is 0.857. The molecule has 0 aromatic carbocycles. The van der Waals surface area contributed by atoms with Crippen molar-refractivity contribution in [3.05, 3.63) is 0 Å². The monoisotopic (exact) mass is 435 g/mol. The summed E-state index contributed by atoms with van der Waals surface area (Å²) < 4.78 is 6.08. The normalized spacial score (nSPS) is 26.5. The second-order valence-electron chi connectivity index (χ2n) is 11.5. The Morgan fingerprint density at radius 3 is 1.74 bits per heavy atom. The highest BCUT2D eigenvalue weighted by Crippen LogP contribution is 2.39. The first-order valence-electron chi connectivity index (χ1n) is 10.9. The van der Waals surface area contributed by atoms with Gasteiger partial charge in [0.15, 0.2) is 0 Å². The molecule has 2 aliphatic heterocycles. The molecule has 1 aromatic rings. The summed E-state index contributed by atoms with van der Waals surface area (Å²) in [7, 11) is 0. The van der Waals surface area contributed by atoms with Gasteiger partial charge in [-0.2, -0.15) is 15.0 Å². The molecule has 0 aliphatic carbocycles. The topological polar surface area (TPSA) is 132 Å². The predicted octanol–water partition coefficient (Wildman–Crippen LogP) is 2.98. The zero-order valence-electron chi connectivity index (χ0n) is 20.0. The van der Waals surface area contributed by atoms with Crippen LogP contribution >= 0.6 is 0 Å². The third kappa shape index (κ3) is 5.02. The summed E-state index contributed by atoms with van der Waals surface area (Å²) in [6.45, 7) is 15.4. The zero-order chi connectivity index (χ0) is 23.4. The number of hydrogen-bond acceptors (Lipinski definition) is 8. The molecular formula is C21H37N7O3. The number of nitrogens with one attached hydrogen (secondary N) is 1. The van der Waals surface area contributed by atoms with Gasteiger partial charge in [0.05, 0.1) is 0 Å². The van der Waals surface area contributed by atoms with Crippen LogP contribution in [-0.2, 0) is 10.4 Å². The number of ether oxygens (including phenoxy) is 1. The van der Waals surface area contributed by atoms with E-state index in [4.69, 9.17) is 10.5 Å². The average Bonchev–Trinajstić information content (AvgIpc) is 2.56. The van der Waals surface area contributed by atoms with Crippen LogP contribution in [0.4, 0.5) is 11.9 Å². The molecule has 0 unspecified atom stereocenters. The van der Waals surface area contributed by atoms with E-state index in [9.17, 15) is 10.4 Å². The fourth-order valence-electron chi connectivity index (χ4n) is 5.44. The average molecular weight is 436 g/mol. The van der Waals surface area contributed by atoms with Crippen molar-refractivity contribution in [1.29, 1.82) is 0 Å². The maximum atomic E-state index is 12.6. The number of nitrogen functional groups attached to an aromatic ring is 1. The fourth-order valence-corrected chi connectivity index (χ4v) is 5.44. The van der Waals surface area contributed by atoms with Crippen molar-refractivity contribution >= 4 is 11.9 Å². The molecule has 3 rings (SSSR count). The largest absolute Gasteiger partial charge is 0.460 e. The van der Waals surface area contributed by atoms with Gasteiger partial charge in [-0.15, -0.1) is 20.5 Å². The van der Waals surface area contributed by atoms with Crippen LogP contribution in [-0.4, -0.2) is 59.4 Å². The number of anilines is 2. The smallest absolute Gasteiger partial charge is 0.323 e. The Kier molecular flexibility index (Phi) is 5.92. The lowest BCUT2D eigenvalue weighted by atomic mass is 9.79. The number of hydrogen-bond donors (Lipinski definition) is 2. The van der Waals surface area contributed by atoms with Gasteiger partial charge >= 0.3 is 6.01 Å². The van der Waals surface area contributed by atoms with Gasteiger partial charge in [0.25, 0.3) is 0 Å². The molecule has 2 radical (unpaired) electrons. The van der Waals surface area contributed by atoms with Crippen LogP contribution in [0.3, 0.4) is 0 Å². The van der Waals surface area contributed by atoms with Gasteiger partial charge in [-0.25, -0.2) is 0 Å². The summed E-state index contributed by atoms with van der Waals surface area (Å²) in [6.07, 6.45) is 2.18. The number of hydroxylamine groups is 4. The molecule has 3 heterocycles. The first-order valence-corrected chi connectivity index (χ1v) is 10.9. The van der Waals surface area contributed by atoms with Gasteiger partial charge in [-0.3, -0.25) is 0 Å². The van der Waals surface area contributed by atoms with Crippen molar-refractivity contribution in [3.63, 3.8) is 0 Å². The molecule has 1 aromatic heterocycles. The molecule has 0 saturated carbocycles. The summed E-state index contributed by atoms with van der Waals surface area (Å²) in [4.78, 5) is 12.8. The molecule has 10 nitrogen and oxygen atoms in total. The number of piperidine rings is 2. The van der Waals surface area contributed by atoms with E-state index in [0.717, 1.165) is 5.06 Å². The van der Waals surface area contributed by atoms with E-state index in [1.807, 2.05) is 55.4 Å². The molecule has 0 spiro atoms. The maximum absolute atomic E-state index is 12.6. The van der Waals surface area contributed by atoms with Gasteiger partial charge in [0.1, 0.15) is 6.10 Å². The maximum Gasteiger partial charge on any atom is 0.323 e. The Bertz CT molecular complexity index is 714. The highest BCUT2D eigenvalue weighted by Gasteiger charge is 2.48. The van der Waals surface area contributed by atoms with Gasteiger partial charge in [-0.05, 0) is 68.2 Å². The van der Waals surface area contributed by atoms with E-state index in [0.29, 0.717) is 31.6 Å². The molecule has 3 N–H and O–H groups in total. The molecule has 10 heteroatoms. The summed E-state index contributed by atoms with van der Waals surface area (Å²) in [6, 6.07) is 0.150. The van der Waals surface area contributed by atoms with Crippen LogP contribution in [0.25, 0.3) is 0 Å². The van der Waals surface area contributed by atoms with Crippen LogP contribution in [0.1, 0.15) is 81.1 Å². The number of nitrogens with zero attached hydrogens (tertiary/aromatic N) is 5. The van der Waals surface area contributed by atoms with E-state index in [1.54, 1.807) is 0 Å². The highest BCUT2D eigenvalue weighted by atomic mass is 16.5. The number of nitrogens with two attached hydrogens (primary N) is 1. The lowest BCUT2D eigenvalue weighted by Crippen LogP contribution is -2.60. The van der Waals surface area contributed by atoms with E-state index < -0.39 is 22.2 Å². The van der Waals surface area contributed by atoms with E-state index in [-0.39, 0.29) is 24.1 Å². The molecule has 2 aliphatic rings. The zero-order valence-corrected chi connectivity index (χ0v) is 20.0. The molecular weight excluding hydrogens is 398 g/mol. The lowest BCUT2D eigenvalue weighted by Gasteiger charge is -2.50. The molecule has 174 valence electrons. The van der Waals surface area contributed by atoms with Crippen molar-refractivity contribution in [2.24, 2.45) is 0 Å². The van der Waals surface area contributed by atoms with E-state index in [2.05, 4.69) is 20.3 Å².